The third kappa shape index (κ3) is 6.11. The highest BCUT2D eigenvalue weighted by molar-refractivity contribution is 4.88. The molecule has 0 aromatic carbocycles. The van der Waals surface area contributed by atoms with Crippen LogP contribution in [0.4, 0.5) is 0 Å². The first-order chi connectivity index (χ1) is 9.58. The van der Waals surface area contributed by atoms with E-state index in [9.17, 15) is 0 Å². The molecule has 1 fully saturated rings. The number of hydrogen-bond donors (Lipinski definition) is 1. The second-order valence-corrected chi connectivity index (χ2v) is 6.73. The summed E-state index contributed by atoms with van der Waals surface area (Å²) in [6, 6.07) is 1.37. The maximum atomic E-state index is 5.49. The van der Waals surface area contributed by atoms with Crippen molar-refractivity contribution in [2.45, 2.75) is 66.0 Å². The highest BCUT2D eigenvalue weighted by Crippen LogP contribution is 2.20. The molecule has 0 spiro atoms. The molecule has 20 heavy (non-hydrogen) atoms. The minimum Gasteiger partial charge on any atom is -0.382 e. The van der Waals surface area contributed by atoms with Gasteiger partial charge in [0.15, 0.2) is 0 Å². The maximum Gasteiger partial charge on any atom is 0.0478 e. The van der Waals surface area contributed by atoms with E-state index >= 15 is 0 Å². The number of hydrogen-bond acceptors (Lipinski definition) is 3. The van der Waals surface area contributed by atoms with Gasteiger partial charge in [0.2, 0.25) is 0 Å². The number of ether oxygens (including phenoxy) is 1. The molecule has 3 unspecified atom stereocenters. The molecule has 1 aliphatic heterocycles. The molecule has 120 valence electrons. The van der Waals surface area contributed by atoms with E-state index in [0.29, 0.717) is 12.1 Å². The Balaban J connectivity index is 2.48. The lowest BCUT2D eigenvalue weighted by Gasteiger charge is -2.43. The molecule has 1 saturated heterocycles. The Hall–Kier alpha value is -0.120. The SMILES string of the molecule is CCOCCCN1CC(C(C)CC)NCC1CC(C)C. The third-order valence-corrected chi connectivity index (χ3v) is 4.58. The maximum absolute atomic E-state index is 5.49. The second kappa shape index (κ2) is 9.75. The summed E-state index contributed by atoms with van der Waals surface area (Å²) in [6.07, 6.45) is 3.73. The van der Waals surface area contributed by atoms with Crippen molar-refractivity contribution in [2.75, 3.05) is 32.8 Å². The van der Waals surface area contributed by atoms with Gasteiger partial charge in [-0.2, -0.15) is 0 Å². The van der Waals surface area contributed by atoms with Crippen LogP contribution in [0.2, 0.25) is 0 Å². The first-order valence-corrected chi connectivity index (χ1v) is 8.63. The van der Waals surface area contributed by atoms with Crippen LogP contribution in [-0.2, 0) is 4.74 Å². The fourth-order valence-corrected chi connectivity index (χ4v) is 3.11. The molecule has 0 bridgehead atoms. The topological polar surface area (TPSA) is 24.5 Å². The van der Waals surface area contributed by atoms with Crippen molar-refractivity contribution < 1.29 is 4.74 Å². The van der Waals surface area contributed by atoms with Gasteiger partial charge in [0.1, 0.15) is 0 Å². The molecule has 0 saturated carbocycles. The fraction of sp³-hybridized carbons (Fsp3) is 1.00. The largest absolute Gasteiger partial charge is 0.382 e. The Morgan fingerprint density at radius 3 is 2.60 bits per heavy atom. The van der Waals surface area contributed by atoms with Gasteiger partial charge in [0, 0.05) is 44.9 Å². The van der Waals surface area contributed by atoms with E-state index in [0.717, 1.165) is 38.0 Å². The van der Waals surface area contributed by atoms with E-state index in [2.05, 4.69) is 44.8 Å². The molecule has 1 rings (SSSR count). The monoisotopic (exact) mass is 284 g/mol. The van der Waals surface area contributed by atoms with E-state index in [4.69, 9.17) is 4.74 Å². The average Bonchev–Trinajstić information content (AvgIpc) is 2.43. The summed E-state index contributed by atoms with van der Waals surface area (Å²) in [5, 5.41) is 3.78. The number of piperazine rings is 1. The molecule has 1 heterocycles. The number of rotatable bonds is 9. The Morgan fingerprint density at radius 2 is 2.00 bits per heavy atom. The van der Waals surface area contributed by atoms with Crippen LogP contribution < -0.4 is 5.32 Å². The zero-order chi connectivity index (χ0) is 15.0. The number of nitrogens with one attached hydrogen (secondary N) is 1. The lowest BCUT2D eigenvalue weighted by Crippen LogP contribution is -2.58. The second-order valence-electron chi connectivity index (χ2n) is 6.73. The van der Waals surface area contributed by atoms with Gasteiger partial charge >= 0.3 is 0 Å². The van der Waals surface area contributed by atoms with Gasteiger partial charge in [-0.15, -0.1) is 0 Å². The van der Waals surface area contributed by atoms with E-state index in [1.807, 2.05) is 0 Å². The first-order valence-electron chi connectivity index (χ1n) is 8.63. The quantitative estimate of drug-likeness (QED) is 0.658. The predicted octanol–water partition coefficient (Wildman–Crippen LogP) is 3.15. The van der Waals surface area contributed by atoms with Gasteiger partial charge in [-0.1, -0.05) is 34.1 Å². The summed E-state index contributed by atoms with van der Waals surface area (Å²) in [7, 11) is 0. The van der Waals surface area contributed by atoms with Gasteiger partial charge < -0.3 is 10.1 Å². The van der Waals surface area contributed by atoms with Crippen molar-refractivity contribution >= 4 is 0 Å². The fourth-order valence-electron chi connectivity index (χ4n) is 3.11. The minimum atomic E-state index is 0.663. The molecule has 0 aromatic heterocycles. The lowest BCUT2D eigenvalue weighted by atomic mass is 9.92. The summed E-state index contributed by atoms with van der Waals surface area (Å²) >= 11 is 0. The summed E-state index contributed by atoms with van der Waals surface area (Å²) in [4.78, 5) is 2.71. The van der Waals surface area contributed by atoms with Crippen LogP contribution in [0.15, 0.2) is 0 Å². The van der Waals surface area contributed by atoms with Gasteiger partial charge in [-0.25, -0.2) is 0 Å². The van der Waals surface area contributed by atoms with Gasteiger partial charge in [0.25, 0.3) is 0 Å². The Labute approximate surface area is 126 Å². The summed E-state index contributed by atoms with van der Waals surface area (Å²) < 4.78 is 5.49. The van der Waals surface area contributed by atoms with Crippen molar-refractivity contribution in [2.24, 2.45) is 11.8 Å². The van der Waals surface area contributed by atoms with Gasteiger partial charge in [-0.05, 0) is 31.6 Å². The summed E-state index contributed by atoms with van der Waals surface area (Å²) in [6.45, 7) is 16.7. The van der Waals surface area contributed by atoms with Gasteiger partial charge in [-0.3, -0.25) is 4.90 Å². The molecule has 1 N–H and O–H groups in total. The molecular weight excluding hydrogens is 248 g/mol. The highest BCUT2D eigenvalue weighted by Gasteiger charge is 2.29. The molecule has 3 nitrogen and oxygen atoms in total. The Bertz CT molecular complexity index is 245. The van der Waals surface area contributed by atoms with Crippen LogP contribution in [0.3, 0.4) is 0 Å². The van der Waals surface area contributed by atoms with Crippen LogP contribution in [0, 0.1) is 11.8 Å². The van der Waals surface area contributed by atoms with Crippen molar-refractivity contribution in [3.8, 4) is 0 Å². The van der Waals surface area contributed by atoms with Gasteiger partial charge in [0.05, 0.1) is 0 Å². The molecule has 0 radical (unpaired) electrons. The van der Waals surface area contributed by atoms with E-state index in [-0.39, 0.29) is 0 Å². The Morgan fingerprint density at radius 1 is 1.25 bits per heavy atom. The van der Waals surface area contributed by atoms with Crippen LogP contribution in [0.25, 0.3) is 0 Å². The van der Waals surface area contributed by atoms with Crippen LogP contribution >= 0.6 is 0 Å². The molecular formula is C17H36N2O. The van der Waals surface area contributed by atoms with Crippen molar-refractivity contribution in [1.82, 2.24) is 10.2 Å². The van der Waals surface area contributed by atoms with Crippen molar-refractivity contribution in [3.05, 3.63) is 0 Å². The molecule has 1 aliphatic rings. The Kier molecular flexibility index (Phi) is 8.74. The van der Waals surface area contributed by atoms with Crippen molar-refractivity contribution in [1.29, 1.82) is 0 Å². The minimum absolute atomic E-state index is 0.663. The highest BCUT2D eigenvalue weighted by atomic mass is 16.5. The molecule has 3 heteroatoms. The molecule has 0 amide bonds. The van der Waals surface area contributed by atoms with E-state index in [1.54, 1.807) is 0 Å². The number of nitrogens with zero attached hydrogens (tertiary/aromatic N) is 1. The molecule has 3 atom stereocenters. The van der Waals surface area contributed by atoms with Crippen molar-refractivity contribution in [3.63, 3.8) is 0 Å². The lowest BCUT2D eigenvalue weighted by molar-refractivity contribution is 0.0770. The predicted molar refractivity (Wildman–Crippen MR) is 87.2 cm³/mol. The average molecular weight is 284 g/mol. The molecule has 0 aliphatic carbocycles. The zero-order valence-corrected chi connectivity index (χ0v) is 14.3. The zero-order valence-electron chi connectivity index (χ0n) is 14.3. The van der Waals surface area contributed by atoms with Crippen LogP contribution in [-0.4, -0.2) is 49.8 Å². The summed E-state index contributed by atoms with van der Waals surface area (Å²) in [5.41, 5.74) is 0. The van der Waals surface area contributed by atoms with Crippen LogP contribution in [0.5, 0.6) is 0 Å². The first kappa shape index (κ1) is 17.9. The third-order valence-electron chi connectivity index (χ3n) is 4.58. The van der Waals surface area contributed by atoms with Crippen LogP contribution in [0.1, 0.15) is 53.9 Å². The van der Waals surface area contributed by atoms with E-state index < -0.39 is 0 Å². The molecule has 0 aromatic rings. The summed E-state index contributed by atoms with van der Waals surface area (Å²) in [5.74, 6) is 1.54. The smallest absolute Gasteiger partial charge is 0.0478 e. The normalized spacial score (nSPS) is 26.1. The van der Waals surface area contributed by atoms with E-state index in [1.165, 1.54) is 25.9 Å². The standard InChI is InChI=1S/C17H36N2O/c1-6-15(5)17-13-19(9-8-10-20-7-2)16(12-18-17)11-14(3)4/h14-18H,6-13H2,1-5H3.